The number of benzene rings is 1. The van der Waals surface area contributed by atoms with Crippen LogP contribution in [0.4, 0.5) is 0 Å². The predicted molar refractivity (Wildman–Crippen MR) is 90.3 cm³/mol. The van der Waals surface area contributed by atoms with E-state index < -0.39 is 0 Å². The Labute approximate surface area is 135 Å². The molecule has 110 valence electrons. The molecule has 2 heterocycles. The quantitative estimate of drug-likeness (QED) is 0.865. The van der Waals surface area contributed by atoms with Gasteiger partial charge in [-0.3, -0.25) is 4.98 Å². The molecule has 0 atom stereocenters. The van der Waals surface area contributed by atoms with Crippen LogP contribution in [0.15, 0.2) is 35.2 Å². The molecule has 0 unspecified atom stereocenters. The molecule has 4 heteroatoms. The molecule has 3 rings (SSSR count). The van der Waals surface area contributed by atoms with Crippen molar-refractivity contribution in [1.82, 2.24) is 10.3 Å². The average molecular weight is 319 g/mol. The molecular formula is C17H19ClN2S. The number of aryl methyl sites for hydroxylation is 1. The maximum atomic E-state index is 6.45. The lowest BCUT2D eigenvalue weighted by Crippen LogP contribution is -2.16. The summed E-state index contributed by atoms with van der Waals surface area (Å²) in [4.78, 5) is 5.81. The normalized spacial score (nSPS) is 14.6. The van der Waals surface area contributed by atoms with Gasteiger partial charge in [0, 0.05) is 16.3 Å². The molecule has 0 radical (unpaired) electrons. The van der Waals surface area contributed by atoms with Crippen molar-refractivity contribution in [3.63, 3.8) is 0 Å². The highest BCUT2D eigenvalue weighted by atomic mass is 35.5. The molecule has 0 amide bonds. The van der Waals surface area contributed by atoms with Crippen LogP contribution in [0, 0.1) is 6.92 Å². The van der Waals surface area contributed by atoms with Crippen LogP contribution in [0.3, 0.4) is 0 Å². The highest BCUT2D eigenvalue weighted by molar-refractivity contribution is 7.98. The molecule has 1 aromatic heterocycles. The maximum absolute atomic E-state index is 6.45. The summed E-state index contributed by atoms with van der Waals surface area (Å²) in [5, 5.41) is 4.33. The molecule has 2 aromatic rings. The Hall–Kier alpha value is -1.03. The summed E-state index contributed by atoms with van der Waals surface area (Å²) in [6.07, 6.45) is 2.14. The molecular weight excluding hydrogens is 300 g/mol. The highest BCUT2D eigenvalue weighted by Crippen LogP contribution is 2.35. The first kappa shape index (κ1) is 14.9. The van der Waals surface area contributed by atoms with Crippen molar-refractivity contribution in [3.8, 4) is 0 Å². The number of nitrogens with zero attached hydrogens (tertiary/aromatic N) is 1. The van der Waals surface area contributed by atoms with Gasteiger partial charge < -0.3 is 5.32 Å². The van der Waals surface area contributed by atoms with Crippen LogP contribution < -0.4 is 5.32 Å². The van der Waals surface area contributed by atoms with Gasteiger partial charge in [0.25, 0.3) is 0 Å². The minimum Gasteiger partial charge on any atom is -0.316 e. The van der Waals surface area contributed by atoms with E-state index in [-0.39, 0.29) is 0 Å². The smallest absolute Gasteiger partial charge is 0.0544 e. The lowest BCUT2D eigenvalue weighted by Gasteiger charge is -2.13. The maximum Gasteiger partial charge on any atom is 0.0544 e. The van der Waals surface area contributed by atoms with Gasteiger partial charge in [0.1, 0.15) is 0 Å². The number of pyridine rings is 1. The fourth-order valence-electron chi connectivity index (χ4n) is 2.69. The van der Waals surface area contributed by atoms with Crippen LogP contribution >= 0.6 is 23.4 Å². The summed E-state index contributed by atoms with van der Waals surface area (Å²) in [6.45, 7) is 4.11. The number of hydrogen-bond acceptors (Lipinski definition) is 3. The van der Waals surface area contributed by atoms with Crippen molar-refractivity contribution < 1.29 is 0 Å². The molecule has 1 aliphatic rings. The summed E-state index contributed by atoms with van der Waals surface area (Å²) in [5.41, 5.74) is 5.03. The lowest BCUT2D eigenvalue weighted by atomic mass is 10.0. The SMILES string of the molecule is Cc1cccc(CSc2c(Cl)ccc3c2CCNCC3)n1. The predicted octanol–water partition coefficient (Wildman–Crippen LogP) is 4.02. The molecule has 21 heavy (non-hydrogen) atoms. The van der Waals surface area contributed by atoms with E-state index in [0.29, 0.717) is 0 Å². The number of thioether (sulfide) groups is 1. The zero-order valence-corrected chi connectivity index (χ0v) is 13.7. The zero-order chi connectivity index (χ0) is 14.7. The van der Waals surface area contributed by atoms with E-state index in [0.717, 1.165) is 48.1 Å². The van der Waals surface area contributed by atoms with Crippen LogP contribution in [-0.2, 0) is 18.6 Å². The molecule has 0 bridgehead atoms. The van der Waals surface area contributed by atoms with E-state index in [1.165, 1.54) is 16.0 Å². The summed E-state index contributed by atoms with van der Waals surface area (Å²) in [7, 11) is 0. The van der Waals surface area contributed by atoms with Crippen molar-refractivity contribution >= 4 is 23.4 Å². The largest absolute Gasteiger partial charge is 0.316 e. The second-order valence-corrected chi connectivity index (χ2v) is 6.72. The van der Waals surface area contributed by atoms with Gasteiger partial charge in [-0.15, -0.1) is 11.8 Å². The third-order valence-electron chi connectivity index (χ3n) is 3.74. The Balaban J connectivity index is 1.84. The zero-order valence-electron chi connectivity index (χ0n) is 12.2. The second-order valence-electron chi connectivity index (χ2n) is 5.32. The summed E-state index contributed by atoms with van der Waals surface area (Å²) < 4.78 is 0. The van der Waals surface area contributed by atoms with Crippen LogP contribution in [-0.4, -0.2) is 18.1 Å². The molecule has 0 fully saturated rings. The van der Waals surface area contributed by atoms with Crippen molar-refractivity contribution in [3.05, 3.63) is 57.9 Å². The van der Waals surface area contributed by atoms with E-state index in [2.05, 4.69) is 28.5 Å². The number of rotatable bonds is 3. The van der Waals surface area contributed by atoms with Gasteiger partial charge in [0.05, 0.1) is 10.7 Å². The number of nitrogens with one attached hydrogen (secondary N) is 1. The molecule has 0 saturated heterocycles. The van der Waals surface area contributed by atoms with E-state index >= 15 is 0 Å². The number of hydrogen-bond donors (Lipinski definition) is 1. The topological polar surface area (TPSA) is 24.9 Å². The minimum absolute atomic E-state index is 0.866. The van der Waals surface area contributed by atoms with Gasteiger partial charge >= 0.3 is 0 Å². The van der Waals surface area contributed by atoms with E-state index in [4.69, 9.17) is 11.6 Å². The van der Waals surface area contributed by atoms with Gasteiger partial charge in [-0.2, -0.15) is 0 Å². The monoisotopic (exact) mass is 318 g/mol. The van der Waals surface area contributed by atoms with Gasteiger partial charge in [0.2, 0.25) is 0 Å². The van der Waals surface area contributed by atoms with Crippen molar-refractivity contribution in [2.45, 2.75) is 30.4 Å². The molecule has 0 saturated carbocycles. The fourth-order valence-corrected chi connectivity index (χ4v) is 4.10. The van der Waals surface area contributed by atoms with Crippen molar-refractivity contribution in [1.29, 1.82) is 0 Å². The molecule has 1 aliphatic heterocycles. The molecule has 2 nitrogen and oxygen atoms in total. The molecule has 0 aliphatic carbocycles. The van der Waals surface area contributed by atoms with E-state index in [1.807, 2.05) is 30.8 Å². The first-order valence-corrected chi connectivity index (χ1v) is 8.67. The minimum atomic E-state index is 0.866. The Kier molecular flexibility index (Phi) is 4.84. The Bertz CT molecular complexity index is 643. The van der Waals surface area contributed by atoms with Crippen LogP contribution in [0.25, 0.3) is 0 Å². The summed E-state index contributed by atoms with van der Waals surface area (Å²) in [5.74, 6) is 0.866. The number of aromatic nitrogens is 1. The number of halogens is 1. The third kappa shape index (κ3) is 3.60. The first-order valence-electron chi connectivity index (χ1n) is 7.30. The van der Waals surface area contributed by atoms with Crippen LogP contribution in [0.5, 0.6) is 0 Å². The van der Waals surface area contributed by atoms with Crippen LogP contribution in [0.2, 0.25) is 5.02 Å². The Morgan fingerprint density at radius 1 is 1.19 bits per heavy atom. The first-order chi connectivity index (χ1) is 10.2. The van der Waals surface area contributed by atoms with Gasteiger partial charge in [-0.25, -0.2) is 0 Å². The summed E-state index contributed by atoms with van der Waals surface area (Å²) in [6, 6.07) is 10.4. The molecule has 1 aromatic carbocycles. The fraction of sp³-hybridized carbons (Fsp3) is 0.353. The third-order valence-corrected chi connectivity index (χ3v) is 5.36. The van der Waals surface area contributed by atoms with Gasteiger partial charge in [0.15, 0.2) is 0 Å². The van der Waals surface area contributed by atoms with E-state index in [1.54, 1.807) is 0 Å². The Morgan fingerprint density at radius 2 is 2.05 bits per heavy atom. The Morgan fingerprint density at radius 3 is 2.90 bits per heavy atom. The molecule has 1 N–H and O–H groups in total. The highest BCUT2D eigenvalue weighted by Gasteiger charge is 2.15. The summed E-state index contributed by atoms with van der Waals surface area (Å²) >= 11 is 8.26. The average Bonchev–Trinajstić information content (AvgIpc) is 2.72. The van der Waals surface area contributed by atoms with Crippen LogP contribution in [0.1, 0.15) is 22.5 Å². The number of fused-ring (bicyclic) bond motifs is 1. The van der Waals surface area contributed by atoms with Gasteiger partial charge in [-0.1, -0.05) is 23.7 Å². The lowest BCUT2D eigenvalue weighted by molar-refractivity contribution is 0.709. The second kappa shape index (κ2) is 6.82. The van der Waals surface area contributed by atoms with Crippen molar-refractivity contribution in [2.24, 2.45) is 0 Å². The van der Waals surface area contributed by atoms with Gasteiger partial charge in [-0.05, 0) is 62.2 Å². The van der Waals surface area contributed by atoms with Crippen molar-refractivity contribution in [2.75, 3.05) is 13.1 Å². The standard InChI is InChI=1S/C17H19ClN2S/c1-12-3-2-4-14(20-12)11-21-17-15-8-10-19-9-7-13(15)5-6-16(17)18/h2-6,19H,7-11H2,1H3. The van der Waals surface area contributed by atoms with E-state index in [9.17, 15) is 0 Å². The molecule has 0 spiro atoms.